The molecule has 0 aliphatic rings. The first kappa shape index (κ1) is 35.0. The lowest BCUT2D eigenvalue weighted by molar-refractivity contribution is 0.0921. The summed E-state index contributed by atoms with van der Waals surface area (Å²) < 4.78 is 20.4. The van der Waals surface area contributed by atoms with Crippen LogP contribution in [0.4, 0.5) is 4.39 Å². The third-order valence-corrected chi connectivity index (χ3v) is 6.56. The number of carbonyl (C=O) groups is 1. The summed E-state index contributed by atoms with van der Waals surface area (Å²) in [5, 5.41) is 3.25. The molecule has 1 rings (SSSR count). The van der Waals surface area contributed by atoms with Crippen molar-refractivity contribution in [3.05, 3.63) is 101 Å². The first-order chi connectivity index (χ1) is 19.1. The number of ether oxygens (including phenoxy) is 1. The van der Waals surface area contributed by atoms with Gasteiger partial charge < -0.3 is 10.1 Å². The van der Waals surface area contributed by atoms with Gasteiger partial charge in [-0.1, -0.05) is 64.8 Å². The normalized spacial score (nSPS) is 12.8. The summed E-state index contributed by atoms with van der Waals surface area (Å²) >= 11 is 0. The zero-order valence-corrected chi connectivity index (χ0v) is 25.8. The molecule has 1 aromatic carbocycles. The van der Waals surface area contributed by atoms with Crippen LogP contribution in [0.15, 0.2) is 89.6 Å². The van der Waals surface area contributed by atoms with E-state index in [0.29, 0.717) is 18.4 Å². The van der Waals surface area contributed by atoms with Crippen molar-refractivity contribution >= 4 is 5.78 Å². The Hall–Kier alpha value is -2.98. The molecule has 1 aromatic rings. The van der Waals surface area contributed by atoms with Crippen molar-refractivity contribution in [3.63, 3.8) is 0 Å². The molecule has 0 radical (unpaired) electrons. The molecule has 0 aromatic heterocycles. The molecular weight excluding hydrogens is 497 g/mol. The molecule has 0 aliphatic carbocycles. The van der Waals surface area contributed by atoms with E-state index >= 15 is 0 Å². The van der Waals surface area contributed by atoms with Crippen LogP contribution >= 0.6 is 0 Å². The third-order valence-electron chi connectivity index (χ3n) is 6.56. The Morgan fingerprint density at radius 3 is 2.02 bits per heavy atom. The Bertz CT molecular complexity index is 1030. The van der Waals surface area contributed by atoms with Gasteiger partial charge in [-0.3, -0.25) is 4.79 Å². The SMILES string of the molecule is C=CCCNCC=CCOc1ccc(C(=O)C(CC=C(C)CCC=C(C)C)CC=C(C)CCC=C(C)C)cc1F. The molecule has 0 atom stereocenters. The Kier molecular flexibility index (Phi) is 18.3. The number of hydrogen-bond donors (Lipinski definition) is 1. The minimum Gasteiger partial charge on any atom is -0.486 e. The summed E-state index contributed by atoms with van der Waals surface area (Å²) in [6, 6.07) is 4.57. The number of nitrogens with one attached hydrogen (secondary N) is 1. The molecular formula is C36H52FNO2. The highest BCUT2D eigenvalue weighted by Gasteiger charge is 2.20. The topological polar surface area (TPSA) is 38.3 Å². The quantitative estimate of drug-likeness (QED) is 0.0999. The molecule has 3 nitrogen and oxygen atoms in total. The van der Waals surface area contributed by atoms with E-state index in [4.69, 9.17) is 4.74 Å². The number of benzene rings is 1. The molecule has 1 N–H and O–H groups in total. The lowest BCUT2D eigenvalue weighted by Crippen LogP contribution is -2.15. The molecule has 0 saturated heterocycles. The second kappa shape index (κ2) is 20.9. The summed E-state index contributed by atoms with van der Waals surface area (Å²) in [5.74, 6) is -0.622. The summed E-state index contributed by atoms with van der Waals surface area (Å²) in [5.41, 5.74) is 5.58. The van der Waals surface area contributed by atoms with E-state index < -0.39 is 5.82 Å². The van der Waals surface area contributed by atoms with Crippen molar-refractivity contribution in [3.8, 4) is 5.75 Å². The van der Waals surface area contributed by atoms with Gasteiger partial charge in [-0.15, -0.1) is 6.58 Å². The molecule has 40 heavy (non-hydrogen) atoms. The minimum absolute atomic E-state index is 0.0300. The molecule has 0 saturated carbocycles. The highest BCUT2D eigenvalue weighted by atomic mass is 19.1. The third kappa shape index (κ3) is 16.2. The summed E-state index contributed by atoms with van der Waals surface area (Å²) in [7, 11) is 0. The second-order valence-electron chi connectivity index (χ2n) is 11.0. The summed E-state index contributed by atoms with van der Waals surface area (Å²) in [6.45, 7) is 18.2. The predicted octanol–water partition coefficient (Wildman–Crippen LogP) is 9.89. The van der Waals surface area contributed by atoms with Gasteiger partial charge >= 0.3 is 0 Å². The van der Waals surface area contributed by atoms with Gasteiger partial charge in [0.15, 0.2) is 17.3 Å². The fraction of sp³-hybridized carbons (Fsp3) is 0.472. The Balaban J connectivity index is 2.91. The number of allylic oxidation sites excluding steroid dienone is 8. The minimum atomic E-state index is -0.510. The van der Waals surface area contributed by atoms with Gasteiger partial charge in [0.25, 0.3) is 0 Å². The number of hydrogen-bond acceptors (Lipinski definition) is 3. The maximum atomic E-state index is 14.9. The highest BCUT2D eigenvalue weighted by Crippen LogP contribution is 2.25. The van der Waals surface area contributed by atoms with E-state index in [9.17, 15) is 9.18 Å². The average Bonchev–Trinajstić information content (AvgIpc) is 2.90. The van der Waals surface area contributed by atoms with Crippen LogP contribution in [0.5, 0.6) is 5.75 Å². The fourth-order valence-electron chi connectivity index (χ4n) is 4.06. The first-order valence-electron chi connectivity index (χ1n) is 14.6. The second-order valence-corrected chi connectivity index (χ2v) is 11.0. The van der Waals surface area contributed by atoms with E-state index in [1.54, 1.807) is 12.1 Å². The molecule has 0 unspecified atom stereocenters. The van der Waals surface area contributed by atoms with Crippen LogP contribution < -0.4 is 10.1 Å². The molecule has 0 heterocycles. The van der Waals surface area contributed by atoms with Crippen molar-refractivity contribution in [2.45, 2.75) is 86.5 Å². The number of ketones is 1. The standard InChI is InChI=1S/C36H52FNO2/c1-8-9-24-38-25-10-11-26-40-35-23-22-33(27-34(35)37)36(39)32(20-18-30(6)16-12-14-28(2)3)21-19-31(7)17-13-15-29(4)5/h8,10-11,14-15,18-19,22-23,27,32,38H,1,9,12-13,16-17,20-21,24-26H2,2-7H3. The van der Waals surface area contributed by atoms with Gasteiger partial charge in [0.2, 0.25) is 0 Å². The molecule has 4 heteroatoms. The summed E-state index contributed by atoms with van der Waals surface area (Å²) in [6.07, 6.45) is 20.7. The van der Waals surface area contributed by atoms with Gasteiger partial charge in [-0.05, 0) is 111 Å². The van der Waals surface area contributed by atoms with Gasteiger partial charge in [-0.25, -0.2) is 4.39 Å². The maximum absolute atomic E-state index is 14.9. The van der Waals surface area contributed by atoms with Crippen molar-refractivity contribution in [1.82, 2.24) is 5.32 Å². The van der Waals surface area contributed by atoms with Crippen LogP contribution in [0, 0.1) is 11.7 Å². The van der Waals surface area contributed by atoms with Crippen LogP contribution in [0.1, 0.15) is 96.8 Å². The average molecular weight is 550 g/mol. The van der Waals surface area contributed by atoms with E-state index in [2.05, 4.69) is 77.7 Å². The van der Waals surface area contributed by atoms with Gasteiger partial charge in [0, 0.05) is 18.0 Å². The van der Waals surface area contributed by atoms with Gasteiger partial charge in [0.1, 0.15) is 6.61 Å². The van der Waals surface area contributed by atoms with Gasteiger partial charge in [-0.2, -0.15) is 0 Å². The van der Waals surface area contributed by atoms with Crippen LogP contribution in [0.2, 0.25) is 0 Å². The fourth-order valence-corrected chi connectivity index (χ4v) is 4.06. The maximum Gasteiger partial charge on any atom is 0.166 e. The van der Waals surface area contributed by atoms with E-state index in [1.807, 2.05) is 18.2 Å². The van der Waals surface area contributed by atoms with Crippen molar-refractivity contribution in [1.29, 1.82) is 0 Å². The van der Waals surface area contributed by atoms with Crippen molar-refractivity contribution < 1.29 is 13.9 Å². The van der Waals surface area contributed by atoms with Crippen LogP contribution in [-0.4, -0.2) is 25.5 Å². The first-order valence-corrected chi connectivity index (χ1v) is 14.6. The van der Waals surface area contributed by atoms with E-state index in [1.165, 1.54) is 28.4 Å². The zero-order valence-electron chi connectivity index (χ0n) is 25.8. The molecule has 0 fully saturated rings. The smallest absolute Gasteiger partial charge is 0.166 e. The molecule has 0 spiro atoms. The zero-order chi connectivity index (χ0) is 29.8. The molecule has 0 amide bonds. The highest BCUT2D eigenvalue weighted by molar-refractivity contribution is 5.98. The van der Waals surface area contributed by atoms with E-state index in [0.717, 1.165) is 45.2 Å². The predicted molar refractivity (Wildman–Crippen MR) is 171 cm³/mol. The monoisotopic (exact) mass is 549 g/mol. The number of Topliss-reactive ketones (excluding diaryl/α,β-unsaturated/α-hetero) is 1. The molecule has 220 valence electrons. The molecule has 0 aliphatic heterocycles. The summed E-state index contributed by atoms with van der Waals surface area (Å²) in [4.78, 5) is 13.5. The largest absolute Gasteiger partial charge is 0.486 e. The Morgan fingerprint density at radius 2 is 1.50 bits per heavy atom. The van der Waals surface area contributed by atoms with E-state index in [-0.39, 0.29) is 24.1 Å². The molecule has 0 bridgehead atoms. The van der Waals surface area contributed by atoms with Gasteiger partial charge in [0.05, 0.1) is 0 Å². The van der Waals surface area contributed by atoms with Crippen LogP contribution in [0.25, 0.3) is 0 Å². The Labute approximate surface area is 243 Å². The number of halogens is 1. The van der Waals surface area contributed by atoms with Crippen molar-refractivity contribution in [2.24, 2.45) is 5.92 Å². The Morgan fingerprint density at radius 1 is 0.900 bits per heavy atom. The van der Waals surface area contributed by atoms with Crippen LogP contribution in [-0.2, 0) is 0 Å². The van der Waals surface area contributed by atoms with Crippen molar-refractivity contribution in [2.75, 3.05) is 19.7 Å². The van der Waals surface area contributed by atoms with Crippen LogP contribution in [0.3, 0.4) is 0 Å². The lowest BCUT2D eigenvalue weighted by Gasteiger charge is -2.15. The number of carbonyl (C=O) groups excluding carboxylic acids is 1. The lowest BCUT2D eigenvalue weighted by atomic mass is 9.89. The number of rotatable bonds is 20.